The van der Waals surface area contributed by atoms with Crippen LogP contribution in [0.15, 0.2) is 46.9 Å². The summed E-state index contributed by atoms with van der Waals surface area (Å²) in [6.07, 6.45) is 1.06. The molecule has 1 aliphatic heterocycles. The molecule has 0 aliphatic carbocycles. The minimum absolute atomic E-state index is 0.0347. The summed E-state index contributed by atoms with van der Waals surface area (Å²) < 4.78 is 0.979. The third-order valence-electron chi connectivity index (χ3n) is 4.60. The van der Waals surface area contributed by atoms with Crippen molar-refractivity contribution in [3.63, 3.8) is 0 Å². The summed E-state index contributed by atoms with van der Waals surface area (Å²) in [5, 5.41) is 16.3. The van der Waals surface area contributed by atoms with Crippen molar-refractivity contribution >= 4 is 39.5 Å². The highest BCUT2D eigenvalue weighted by atomic mass is 79.9. The molecule has 0 spiro atoms. The van der Waals surface area contributed by atoms with E-state index in [0.717, 1.165) is 21.0 Å². The van der Waals surface area contributed by atoms with Gasteiger partial charge < -0.3 is 10.6 Å². The molecule has 4 amide bonds. The van der Waals surface area contributed by atoms with Crippen molar-refractivity contribution in [3.05, 3.63) is 73.7 Å². The first-order chi connectivity index (χ1) is 14.4. The number of rotatable bonds is 8. The number of benzene rings is 2. The number of urea groups is 1. The molecular formula is C20H19BrN4O5. The van der Waals surface area contributed by atoms with Gasteiger partial charge in [0.05, 0.1) is 16.1 Å². The van der Waals surface area contributed by atoms with Crippen molar-refractivity contribution in [1.82, 2.24) is 15.5 Å². The summed E-state index contributed by atoms with van der Waals surface area (Å²) in [4.78, 5) is 47.9. The Morgan fingerprint density at radius 1 is 1.03 bits per heavy atom. The predicted octanol–water partition coefficient (Wildman–Crippen LogP) is 2.89. The zero-order valence-electron chi connectivity index (χ0n) is 15.9. The van der Waals surface area contributed by atoms with Gasteiger partial charge in [-0.3, -0.25) is 24.6 Å². The van der Waals surface area contributed by atoms with Gasteiger partial charge in [-0.1, -0.05) is 28.1 Å². The highest BCUT2D eigenvalue weighted by molar-refractivity contribution is 9.10. The lowest BCUT2D eigenvalue weighted by atomic mass is 10.1. The lowest BCUT2D eigenvalue weighted by molar-refractivity contribution is -0.384. The van der Waals surface area contributed by atoms with Crippen LogP contribution in [0.5, 0.6) is 0 Å². The van der Waals surface area contributed by atoms with E-state index in [-0.39, 0.29) is 35.9 Å². The summed E-state index contributed by atoms with van der Waals surface area (Å²) >= 11 is 3.40. The number of non-ortho nitro benzene ring substituents is 1. The fourth-order valence-corrected chi connectivity index (χ4v) is 3.56. The maximum Gasteiger partial charge on any atom is 0.314 e. The molecule has 0 saturated carbocycles. The lowest BCUT2D eigenvalue weighted by Crippen LogP contribution is -2.38. The van der Waals surface area contributed by atoms with Crippen LogP contribution in [-0.4, -0.2) is 47.3 Å². The Balaban J connectivity index is 1.41. The number of carbonyl (C=O) groups excluding carboxylic acids is 3. The topological polar surface area (TPSA) is 122 Å². The van der Waals surface area contributed by atoms with E-state index in [1.54, 1.807) is 0 Å². The van der Waals surface area contributed by atoms with E-state index in [4.69, 9.17) is 0 Å². The summed E-state index contributed by atoms with van der Waals surface area (Å²) in [6.45, 7) is 0.855. The summed E-state index contributed by atoms with van der Waals surface area (Å²) in [5.41, 5.74) is 1.05. The first-order valence-electron chi connectivity index (χ1n) is 9.27. The second-order valence-corrected chi connectivity index (χ2v) is 7.58. The van der Waals surface area contributed by atoms with E-state index < -0.39 is 16.7 Å². The number of carbonyl (C=O) groups is 3. The van der Waals surface area contributed by atoms with E-state index in [1.807, 2.05) is 24.3 Å². The molecule has 0 saturated heterocycles. The first-order valence-corrected chi connectivity index (χ1v) is 10.1. The van der Waals surface area contributed by atoms with E-state index >= 15 is 0 Å². The Bertz CT molecular complexity index is 1010. The molecule has 2 aromatic carbocycles. The Kier molecular flexibility index (Phi) is 6.78. The summed E-state index contributed by atoms with van der Waals surface area (Å²) in [7, 11) is 0. The fraction of sp³-hybridized carbons (Fsp3) is 0.250. The maximum atomic E-state index is 12.4. The molecule has 2 N–H and O–H groups in total. The van der Waals surface area contributed by atoms with E-state index in [9.17, 15) is 24.5 Å². The largest absolute Gasteiger partial charge is 0.338 e. The van der Waals surface area contributed by atoms with Gasteiger partial charge in [-0.15, -0.1) is 0 Å². The van der Waals surface area contributed by atoms with Crippen LogP contribution in [0.1, 0.15) is 32.7 Å². The highest BCUT2D eigenvalue weighted by Crippen LogP contribution is 2.26. The van der Waals surface area contributed by atoms with Gasteiger partial charge in [0.2, 0.25) is 0 Å². The number of imide groups is 1. The molecule has 2 aromatic rings. The van der Waals surface area contributed by atoms with Crippen LogP contribution >= 0.6 is 15.9 Å². The molecule has 0 fully saturated rings. The quantitative estimate of drug-likeness (QED) is 0.263. The lowest BCUT2D eigenvalue weighted by Gasteiger charge is -2.14. The second-order valence-electron chi connectivity index (χ2n) is 6.67. The maximum absolute atomic E-state index is 12.4. The van der Waals surface area contributed by atoms with Gasteiger partial charge in [0, 0.05) is 36.2 Å². The van der Waals surface area contributed by atoms with Crippen molar-refractivity contribution in [3.8, 4) is 0 Å². The Labute approximate surface area is 180 Å². The van der Waals surface area contributed by atoms with E-state index in [0.29, 0.717) is 19.4 Å². The zero-order chi connectivity index (χ0) is 21.7. The van der Waals surface area contributed by atoms with Gasteiger partial charge in [-0.25, -0.2) is 4.79 Å². The number of nitro groups is 1. The molecule has 156 valence electrons. The summed E-state index contributed by atoms with van der Waals surface area (Å²) in [5.74, 6) is -1.04. The number of fused-ring (bicyclic) bond motifs is 1. The SMILES string of the molecule is O=C(NCCCN1C(=O)c2ccc([N+](=O)[O-])cc2C1=O)NCCc1cccc(Br)c1. The predicted molar refractivity (Wildman–Crippen MR) is 112 cm³/mol. The van der Waals surface area contributed by atoms with Crippen LogP contribution in [0.2, 0.25) is 0 Å². The summed E-state index contributed by atoms with van der Waals surface area (Å²) in [6, 6.07) is 11.1. The van der Waals surface area contributed by atoms with Crippen LogP contribution in [0.4, 0.5) is 10.5 Å². The van der Waals surface area contributed by atoms with Crippen molar-refractivity contribution in [1.29, 1.82) is 0 Å². The third-order valence-corrected chi connectivity index (χ3v) is 5.09. The molecule has 3 rings (SSSR count). The van der Waals surface area contributed by atoms with E-state index in [2.05, 4.69) is 26.6 Å². The van der Waals surface area contributed by atoms with Crippen molar-refractivity contribution in [2.24, 2.45) is 0 Å². The molecule has 30 heavy (non-hydrogen) atoms. The van der Waals surface area contributed by atoms with Crippen LogP contribution in [0.25, 0.3) is 0 Å². The molecular weight excluding hydrogens is 456 g/mol. The Hall–Kier alpha value is -3.27. The number of nitrogens with zero attached hydrogens (tertiary/aromatic N) is 2. The molecule has 0 unspecified atom stereocenters. The van der Waals surface area contributed by atoms with Crippen LogP contribution in [-0.2, 0) is 6.42 Å². The van der Waals surface area contributed by atoms with Crippen molar-refractivity contribution < 1.29 is 19.3 Å². The smallest absolute Gasteiger partial charge is 0.314 e. The highest BCUT2D eigenvalue weighted by Gasteiger charge is 2.36. The molecule has 0 atom stereocenters. The van der Waals surface area contributed by atoms with Gasteiger partial charge in [0.1, 0.15) is 0 Å². The molecule has 1 heterocycles. The first kappa shape index (κ1) is 21.4. The van der Waals surface area contributed by atoms with Crippen LogP contribution < -0.4 is 10.6 Å². The molecule has 9 nitrogen and oxygen atoms in total. The molecule has 0 bridgehead atoms. The Morgan fingerprint density at radius 2 is 1.77 bits per heavy atom. The van der Waals surface area contributed by atoms with Gasteiger partial charge in [0.25, 0.3) is 17.5 Å². The number of hydrogen-bond donors (Lipinski definition) is 2. The number of amides is 4. The molecule has 0 radical (unpaired) electrons. The number of nitro benzene ring substituents is 1. The van der Waals surface area contributed by atoms with Gasteiger partial charge in [-0.2, -0.15) is 0 Å². The number of halogens is 1. The minimum Gasteiger partial charge on any atom is -0.338 e. The standard InChI is InChI=1S/C20H19BrN4O5/c21-14-4-1-3-13(11-14)7-9-23-20(28)22-8-2-10-24-18(26)16-6-5-15(25(29)30)12-17(16)19(24)27/h1,3-6,11-12H,2,7-10H2,(H2,22,23,28). The molecule has 1 aliphatic rings. The van der Waals surface area contributed by atoms with Crippen molar-refractivity contribution in [2.75, 3.05) is 19.6 Å². The fourth-order valence-electron chi connectivity index (χ4n) is 3.11. The molecule has 10 heteroatoms. The van der Waals surface area contributed by atoms with Crippen LogP contribution in [0.3, 0.4) is 0 Å². The van der Waals surface area contributed by atoms with Gasteiger partial charge in [0.15, 0.2) is 0 Å². The minimum atomic E-state index is -0.611. The van der Waals surface area contributed by atoms with Gasteiger partial charge >= 0.3 is 6.03 Å². The average molecular weight is 475 g/mol. The monoisotopic (exact) mass is 474 g/mol. The number of hydrogen-bond acceptors (Lipinski definition) is 5. The normalized spacial score (nSPS) is 12.6. The van der Waals surface area contributed by atoms with Gasteiger partial charge in [-0.05, 0) is 36.6 Å². The number of nitrogens with one attached hydrogen (secondary N) is 2. The average Bonchev–Trinajstić information content (AvgIpc) is 2.95. The molecule has 0 aromatic heterocycles. The van der Waals surface area contributed by atoms with Crippen LogP contribution in [0, 0.1) is 10.1 Å². The zero-order valence-corrected chi connectivity index (χ0v) is 17.5. The third kappa shape index (κ3) is 5.01. The van der Waals surface area contributed by atoms with E-state index in [1.165, 1.54) is 12.1 Å². The van der Waals surface area contributed by atoms with Crippen molar-refractivity contribution in [2.45, 2.75) is 12.8 Å². The second kappa shape index (κ2) is 9.49. The Morgan fingerprint density at radius 3 is 2.50 bits per heavy atom.